The van der Waals surface area contributed by atoms with Gasteiger partial charge in [0.25, 0.3) is 0 Å². The Hall–Kier alpha value is -4.09. The maximum Gasteiger partial charge on any atom is 0.221 e. The standard InChI is InChI=1S/C29H25ClN4O/c1-19-8-7-11-25(32-20(2)35)28(19)21-14-16-23(17-15-21)34-27-13-6-5-12-26(27)33(29(34)31)18-22-9-3-4-10-24(22)30/h3-17,31H,18H2,1-2H3,(H,32,35). The summed E-state index contributed by atoms with van der Waals surface area (Å²) in [4.78, 5) is 11.7. The summed E-state index contributed by atoms with van der Waals surface area (Å²) in [5.41, 5.74) is 8.01. The maximum atomic E-state index is 11.7. The largest absolute Gasteiger partial charge is 0.326 e. The van der Waals surface area contributed by atoms with Gasteiger partial charge in [-0.05, 0) is 60.0 Å². The number of aromatic nitrogens is 2. The summed E-state index contributed by atoms with van der Waals surface area (Å²) in [7, 11) is 0. The lowest BCUT2D eigenvalue weighted by Crippen LogP contribution is -2.24. The third-order valence-corrected chi connectivity index (χ3v) is 6.53. The van der Waals surface area contributed by atoms with Crippen molar-refractivity contribution in [1.29, 1.82) is 5.41 Å². The van der Waals surface area contributed by atoms with E-state index in [0.29, 0.717) is 17.2 Å². The molecule has 35 heavy (non-hydrogen) atoms. The van der Waals surface area contributed by atoms with Crippen molar-refractivity contribution in [3.8, 4) is 16.8 Å². The molecule has 0 bridgehead atoms. The van der Waals surface area contributed by atoms with Gasteiger partial charge in [0.2, 0.25) is 11.5 Å². The first-order valence-corrected chi connectivity index (χ1v) is 11.8. The Morgan fingerprint density at radius 3 is 2.29 bits per heavy atom. The lowest BCUT2D eigenvalue weighted by Gasteiger charge is -2.14. The number of carbonyl (C=O) groups is 1. The van der Waals surface area contributed by atoms with Crippen LogP contribution >= 0.6 is 11.6 Å². The highest BCUT2D eigenvalue weighted by Crippen LogP contribution is 2.32. The van der Waals surface area contributed by atoms with Crippen LogP contribution in [0, 0.1) is 12.3 Å². The minimum atomic E-state index is -0.103. The Morgan fingerprint density at radius 2 is 1.57 bits per heavy atom. The third kappa shape index (κ3) is 4.27. The Balaban J connectivity index is 1.60. The Morgan fingerprint density at radius 1 is 0.886 bits per heavy atom. The molecule has 0 radical (unpaired) electrons. The fourth-order valence-electron chi connectivity index (χ4n) is 4.57. The van der Waals surface area contributed by atoms with Gasteiger partial charge >= 0.3 is 0 Å². The van der Waals surface area contributed by atoms with Crippen LogP contribution < -0.4 is 10.9 Å². The number of aryl methyl sites for hydroxylation is 1. The number of benzene rings is 4. The highest BCUT2D eigenvalue weighted by atomic mass is 35.5. The molecular formula is C29H25ClN4O. The molecule has 5 rings (SSSR count). The van der Waals surface area contributed by atoms with Gasteiger partial charge in [-0.25, -0.2) is 0 Å². The van der Waals surface area contributed by atoms with E-state index in [1.54, 1.807) is 0 Å². The molecular weight excluding hydrogens is 456 g/mol. The van der Waals surface area contributed by atoms with Crippen LogP contribution in [-0.4, -0.2) is 15.0 Å². The molecule has 5 nitrogen and oxygen atoms in total. The Labute approximate surface area is 208 Å². The summed E-state index contributed by atoms with van der Waals surface area (Å²) in [5, 5.41) is 12.7. The second-order valence-electron chi connectivity index (χ2n) is 8.55. The number of imidazole rings is 1. The molecule has 6 heteroatoms. The molecule has 0 saturated carbocycles. The first-order valence-electron chi connectivity index (χ1n) is 11.4. The number of fused-ring (bicyclic) bond motifs is 1. The van der Waals surface area contributed by atoms with Crippen molar-refractivity contribution >= 4 is 34.2 Å². The summed E-state index contributed by atoms with van der Waals surface area (Å²) in [6, 6.07) is 29.8. The summed E-state index contributed by atoms with van der Waals surface area (Å²) in [6.07, 6.45) is 0. The van der Waals surface area contributed by atoms with Crippen LogP contribution in [0.1, 0.15) is 18.1 Å². The molecule has 0 fully saturated rings. The quantitative estimate of drug-likeness (QED) is 0.294. The van der Waals surface area contributed by atoms with Gasteiger partial charge in [-0.15, -0.1) is 0 Å². The average molecular weight is 481 g/mol. The van der Waals surface area contributed by atoms with Crippen LogP contribution in [0.2, 0.25) is 5.02 Å². The lowest BCUT2D eigenvalue weighted by atomic mass is 9.98. The summed E-state index contributed by atoms with van der Waals surface area (Å²) in [6.45, 7) is 4.06. The van der Waals surface area contributed by atoms with Gasteiger partial charge in [0.15, 0.2) is 0 Å². The molecule has 0 spiro atoms. The first-order chi connectivity index (χ1) is 16.9. The van der Waals surface area contributed by atoms with E-state index in [-0.39, 0.29) is 5.91 Å². The number of para-hydroxylation sites is 2. The highest BCUT2D eigenvalue weighted by Gasteiger charge is 2.15. The molecule has 0 saturated heterocycles. The molecule has 2 N–H and O–H groups in total. The van der Waals surface area contributed by atoms with Gasteiger partial charge in [-0.3, -0.25) is 14.8 Å². The molecule has 5 aromatic rings. The van der Waals surface area contributed by atoms with E-state index in [4.69, 9.17) is 17.0 Å². The zero-order valence-electron chi connectivity index (χ0n) is 19.5. The van der Waals surface area contributed by atoms with E-state index in [9.17, 15) is 4.79 Å². The lowest BCUT2D eigenvalue weighted by molar-refractivity contribution is -0.114. The van der Waals surface area contributed by atoms with Crippen molar-refractivity contribution in [3.05, 3.63) is 113 Å². The molecule has 0 unspecified atom stereocenters. The predicted octanol–water partition coefficient (Wildman–Crippen LogP) is 6.55. The van der Waals surface area contributed by atoms with E-state index in [1.807, 2.05) is 107 Å². The molecule has 174 valence electrons. The van der Waals surface area contributed by atoms with Crippen molar-refractivity contribution in [2.24, 2.45) is 0 Å². The number of nitrogens with zero attached hydrogens (tertiary/aromatic N) is 2. The van der Waals surface area contributed by atoms with E-state index >= 15 is 0 Å². The molecule has 0 aliphatic rings. The summed E-state index contributed by atoms with van der Waals surface area (Å²) >= 11 is 6.43. The van der Waals surface area contributed by atoms with Gasteiger partial charge in [-0.2, -0.15) is 0 Å². The van der Waals surface area contributed by atoms with Gasteiger partial charge in [0.05, 0.1) is 17.6 Å². The minimum absolute atomic E-state index is 0.103. The van der Waals surface area contributed by atoms with Gasteiger partial charge in [-0.1, -0.05) is 66.2 Å². The van der Waals surface area contributed by atoms with E-state index < -0.39 is 0 Å². The Kier molecular flexibility index (Phi) is 6.01. The number of nitrogens with one attached hydrogen (secondary N) is 2. The molecule has 1 heterocycles. The first kappa shape index (κ1) is 22.7. The SMILES string of the molecule is CC(=O)Nc1cccc(C)c1-c1ccc(-n2c(=N)n(Cc3ccccc3Cl)c3ccccc32)cc1. The highest BCUT2D eigenvalue weighted by molar-refractivity contribution is 6.31. The third-order valence-electron chi connectivity index (χ3n) is 6.16. The number of hydrogen-bond acceptors (Lipinski definition) is 2. The number of amides is 1. The van der Waals surface area contributed by atoms with Crippen molar-refractivity contribution in [1.82, 2.24) is 9.13 Å². The van der Waals surface area contributed by atoms with E-state index in [0.717, 1.165) is 44.7 Å². The normalized spacial score (nSPS) is 11.1. The fourth-order valence-corrected chi connectivity index (χ4v) is 4.77. The van der Waals surface area contributed by atoms with Gasteiger partial charge in [0, 0.05) is 28.9 Å². The van der Waals surface area contributed by atoms with Gasteiger partial charge < -0.3 is 9.88 Å². The van der Waals surface area contributed by atoms with Crippen molar-refractivity contribution < 1.29 is 4.79 Å². The minimum Gasteiger partial charge on any atom is -0.326 e. The van der Waals surface area contributed by atoms with Crippen LogP contribution in [0.15, 0.2) is 91.0 Å². The molecule has 1 aromatic heterocycles. The number of halogens is 1. The molecule has 4 aromatic carbocycles. The predicted molar refractivity (Wildman–Crippen MR) is 142 cm³/mol. The zero-order chi connectivity index (χ0) is 24.5. The van der Waals surface area contributed by atoms with Crippen molar-refractivity contribution in [2.75, 3.05) is 5.32 Å². The van der Waals surface area contributed by atoms with E-state index in [2.05, 4.69) is 5.32 Å². The number of rotatable bonds is 5. The van der Waals surface area contributed by atoms with Crippen molar-refractivity contribution in [3.63, 3.8) is 0 Å². The number of anilines is 1. The summed E-state index contributed by atoms with van der Waals surface area (Å²) in [5.74, 6) is -0.103. The maximum absolute atomic E-state index is 11.7. The average Bonchev–Trinajstić information content (AvgIpc) is 3.12. The number of carbonyl (C=O) groups excluding carboxylic acids is 1. The topological polar surface area (TPSA) is 62.8 Å². The summed E-state index contributed by atoms with van der Waals surface area (Å²) < 4.78 is 3.92. The van der Waals surface area contributed by atoms with Crippen LogP contribution in [-0.2, 0) is 11.3 Å². The molecule has 1 amide bonds. The zero-order valence-corrected chi connectivity index (χ0v) is 20.3. The van der Waals surface area contributed by atoms with Crippen LogP contribution in [0.4, 0.5) is 5.69 Å². The van der Waals surface area contributed by atoms with Crippen LogP contribution in [0.3, 0.4) is 0 Å². The second kappa shape index (κ2) is 9.28. The second-order valence-corrected chi connectivity index (χ2v) is 8.96. The fraction of sp³-hybridized carbons (Fsp3) is 0.103. The molecule has 0 atom stereocenters. The van der Waals surface area contributed by atoms with E-state index in [1.165, 1.54) is 6.92 Å². The molecule has 0 aliphatic heterocycles. The van der Waals surface area contributed by atoms with Gasteiger partial charge in [0.1, 0.15) is 0 Å². The van der Waals surface area contributed by atoms with Crippen LogP contribution in [0.5, 0.6) is 0 Å². The van der Waals surface area contributed by atoms with Crippen LogP contribution in [0.25, 0.3) is 27.8 Å². The monoisotopic (exact) mass is 480 g/mol. The molecule has 0 aliphatic carbocycles. The van der Waals surface area contributed by atoms with Crippen molar-refractivity contribution in [2.45, 2.75) is 20.4 Å². The Bertz CT molecular complexity index is 1610. The smallest absolute Gasteiger partial charge is 0.221 e. The number of hydrogen-bond donors (Lipinski definition) is 2.